The molecule has 1 atom stereocenters. The molecule has 18 heavy (non-hydrogen) atoms. The highest BCUT2D eigenvalue weighted by Crippen LogP contribution is 2.20. The van der Waals surface area contributed by atoms with Crippen LogP contribution < -0.4 is 0 Å². The number of hydrogen-bond donors (Lipinski definition) is 3. The number of rotatable bonds is 11. The van der Waals surface area contributed by atoms with Crippen molar-refractivity contribution in [3.8, 4) is 0 Å². The Morgan fingerprint density at radius 1 is 1.28 bits per heavy atom. The fourth-order valence-corrected chi connectivity index (χ4v) is 1.25. The molecular weight excluding hydrogens is 236 g/mol. The predicted molar refractivity (Wildman–Crippen MR) is 69.1 cm³/mol. The van der Waals surface area contributed by atoms with Crippen LogP contribution in [0.25, 0.3) is 0 Å². The Morgan fingerprint density at radius 2 is 1.89 bits per heavy atom. The van der Waals surface area contributed by atoms with Gasteiger partial charge in [0.1, 0.15) is 0 Å². The summed E-state index contributed by atoms with van der Waals surface area (Å²) in [5, 5.41) is 27.7. The Hall–Kier alpha value is -0.460. The Morgan fingerprint density at radius 3 is 2.33 bits per heavy atom. The van der Waals surface area contributed by atoms with Crippen LogP contribution in [0.5, 0.6) is 0 Å². The van der Waals surface area contributed by atoms with Gasteiger partial charge in [-0.05, 0) is 25.3 Å². The van der Waals surface area contributed by atoms with Crippen molar-refractivity contribution in [3.63, 3.8) is 0 Å². The van der Waals surface area contributed by atoms with E-state index in [1.54, 1.807) is 6.92 Å². The Kier molecular flexibility index (Phi) is 9.23. The second kappa shape index (κ2) is 9.47. The van der Waals surface area contributed by atoms with Gasteiger partial charge >= 0.3 is 0 Å². The zero-order valence-corrected chi connectivity index (χ0v) is 11.4. The lowest BCUT2D eigenvalue weighted by Gasteiger charge is -2.27. The van der Waals surface area contributed by atoms with Gasteiger partial charge in [0.2, 0.25) is 0 Å². The van der Waals surface area contributed by atoms with E-state index in [1.165, 1.54) is 0 Å². The van der Waals surface area contributed by atoms with Gasteiger partial charge in [-0.2, -0.15) is 0 Å². The van der Waals surface area contributed by atoms with Crippen LogP contribution in [0.2, 0.25) is 0 Å². The number of aliphatic hydroxyl groups excluding tert-OH is 3. The molecule has 0 aromatic carbocycles. The number of ether oxygens (including phenoxy) is 2. The van der Waals surface area contributed by atoms with Gasteiger partial charge in [0.25, 0.3) is 0 Å². The van der Waals surface area contributed by atoms with Gasteiger partial charge in [0.05, 0.1) is 26.4 Å². The van der Waals surface area contributed by atoms with E-state index < -0.39 is 11.7 Å². The molecule has 0 fully saturated rings. The van der Waals surface area contributed by atoms with Gasteiger partial charge in [-0.3, -0.25) is 0 Å². The van der Waals surface area contributed by atoms with E-state index in [0.29, 0.717) is 38.2 Å². The van der Waals surface area contributed by atoms with E-state index in [2.05, 4.69) is 6.58 Å². The minimum absolute atomic E-state index is 0.0924. The second-order valence-electron chi connectivity index (χ2n) is 4.65. The largest absolute Gasteiger partial charge is 0.396 e. The lowest BCUT2D eigenvalue weighted by atomic mass is 9.88. The van der Waals surface area contributed by atoms with Gasteiger partial charge in [0.15, 0.2) is 6.29 Å². The first-order valence-corrected chi connectivity index (χ1v) is 6.26. The van der Waals surface area contributed by atoms with Gasteiger partial charge in [0, 0.05) is 12.0 Å². The summed E-state index contributed by atoms with van der Waals surface area (Å²) in [6.07, 6.45) is 0.376. The van der Waals surface area contributed by atoms with Crippen LogP contribution in [0.15, 0.2) is 12.2 Å². The zero-order chi connectivity index (χ0) is 14.0. The molecule has 3 N–H and O–H groups in total. The first-order valence-electron chi connectivity index (χ1n) is 6.26. The smallest absolute Gasteiger partial charge is 0.176 e. The third kappa shape index (κ3) is 6.47. The monoisotopic (exact) mass is 262 g/mol. The van der Waals surface area contributed by atoms with Crippen LogP contribution >= 0.6 is 0 Å². The SMILES string of the molecule is C=C(C)C(O)OCCCOCC(CC)(CO)CO. The molecule has 0 aromatic heterocycles. The maximum atomic E-state index is 9.30. The van der Waals surface area contributed by atoms with Crippen molar-refractivity contribution in [1.82, 2.24) is 0 Å². The molecule has 0 heterocycles. The quantitative estimate of drug-likeness (QED) is 0.290. The number of aliphatic hydroxyl groups is 3. The summed E-state index contributed by atoms with van der Waals surface area (Å²) in [6, 6.07) is 0. The van der Waals surface area contributed by atoms with Gasteiger partial charge < -0.3 is 24.8 Å². The average molecular weight is 262 g/mol. The van der Waals surface area contributed by atoms with Crippen LogP contribution in [0.3, 0.4) is 0 Å². The molecule has 5 nitrogen and oxygen atoms in total. The topological polar surface area (TPSA) is 79.2 Å². The first kappa shape index (κ1) is 17.5. The van der Waals surface area contributed by atoms with E-state index in [4.69, 9.17) is 9.47 Å². The minimum atomic E-state index is -0.922. The molecule has 0 amide bonds. The first-order chi connectivity index (χ1) is 8.51. The van der Waals surface area contributed by atoms with Crippen LogP contribution in [0, 0.1) is 5.41 Å². The molecule has 5 heteroatoms. The summed E-state index contributed by atoms with van der Waals surface area (Å²) < 4.78 is 10.5. The Labute approximate surface area is 109 Å². The van der Waals surface area contributed by atoms with Crippen molar-refractivity contribution < 1.29 is 24.8 Å². The van der Waals surface area contributed by atoms with E-state index in [9.17, 15) is 15.3 Å². The molecular formula is C13H26O5. The predicted octanol–water partition coefficient (Wildman–Crippen LogP) is 0.685. The average Bonchev–Trinajstić information content (AvgIpc) is 2.38. The van der Waals surface area contributed by atoms with Crippen molar-refractivity contribution in [2.24, 2.45) is 5.41 Å². The lowest BCUT2D eigenvalue weighted by Crippen LogP contribution is -2.34. The molecule has 0 rings (SSSR count). The van der Waals surface area contributed by atoms with Crippen LogP contribution in [0.4, 0.5) is 0 Å². The summed E-state index contributed by atoms with van der Waals surface area (Å²) in [7, 11) is 0. The van der Waals surface area contributed by atoms with Crippen molar-refractivity contribution in [3.05, 3.63) is 12.2 Å². The highest BCUT2D eigenvalue weighted by molar-refractivity contribution is 4.91. The van der Waals surface area contributed by atoms with Gasteiger partial charge in [-0.25, -0.2) is 0 Å². The number of hydrogen-bond acceptors (Lipinski definition) is 5. The highest BCUT2D eigenvalue weighted by atomic mass is 16.6. The third-order valence-electron chi connectivity index (χ3n) is 2.96. The normalized spacial score (nSPS) is 13.6. The summed E-state index contributed by atoms with van der Waals surface area (Å²) in [4.78, 5) is 0. The summed E-state index contributed by atoms with van der Waals surface area (Å²) in [6.45, 7) is 8.15. The molecule has 0 saturated heterocycles. The molecule has 0 spiro atoms. The van der Waals surface area contributed by atoms with E-state index in [-0.39, 0.29) is 13.2 Å². The van der Waals surface area contributed by atoms with Gasteiger partial charge in [-0.1, -0.05) is 13.5 Å². The standard InChI is InChI=1S/C13H26O5/c1-4-13(8-14,9-15)10-17-6-5-7-18-12(16)11(2)3/h12,14-16H,2,4-10H2,1,3H3. The molecule has 1 unspecified atom stereocenters. The van der Waals surface area contributed by atoms with Crippen LogP contribution in [-0.4, -0.2) is 54.6 Å². The van der Waals surface area contributed by atoms with E-state index >= 15 is 0 Å². The van der Waals surface area contributed by atoms with Gasteiger partial charge in [-0.15, -0.1) is 0 Å². The molecule has 0 aliphatic rings. The van der Waals surface area contributed by atoms with Crippen LogP contribution in [0.1, 0.15) is 26.7 Å². The Balaban J connectivity index is 3.64. The fourth-order valence-electron chi connectivity index (χ4n) is 1.25. The second-order valence-corrected chi connectivity index (χ2v) is 4.65. The Bertz CT molecular complexity index is 217. The molecule has 0 bridgehead atoms. The fraction of sp³-hybridized carbons (Fsp3) is 0.846. The summed E-state index contributed by atoms with van der Waals surface area (Å²) in [5.74, 6) is 0. The maximum absolute atomic E-state index is 9.30. The van der Waals surface area contributed by atoms with Crippen molar-refractivity contribution in [2.75, 3.05) is 33.0 Å². The maximum Gasteiger partial charge on any atom is 0.176 e. The molecule has 0 aliphatic carbocycles. The van der Waals surface area contributed by atoms with E-state index in [0.717, 1.165) is 0 Å². The zero-order valence-electron chi connectivity index (χ0n) is 11.4. The van der Waals surface area contributed by atoms with E-state index in [1.807, 2.05) is 6.92 Å². The molecule has 0 aliphatic heterocycles. The lowest BCUT2D eigenvalue weighted by molar-refractivity contribution is -0.0811. The van der Waals surface area contributed by atoms with Crippen LogP contribution in [-0.2, 0) is 9.47 Å². The summed E-state index contributed by atoms with van der Waals surface area (Å²) in [5.41, 5.74) is 0.0133. The molecule has 108 valence electrons. The minimum Gasteiger partial charge on any atom is -0.396 e. The van der Waals surface area contributed by atoms with Crippen molar-refractivity contribution in [2.45, 2.75) is 33.0 Å². The molecule has 0 saturated carbocycles. The summed E-state index contributed by atoms with van der Waals surface area (Å²) >= 11 is 0. The molecule has 0 aromatic rings. The molecule has 0 radical (unpaired) electrons. The highest BCUT2D eigenvalue weighted by Gasteiger charge is 2.26. The van der Waals surface area contributed by atoms with Crippen molar-refractivity contribution in [1.29, 1.82) is 0 Å². The van der Waals surface area contributed by atoms with Crippen molar-refractivity contribution >= 4 is 0 Å². The third-order valence-corrected chi connectivity index (χ3v) is 2.96.